The quantitative estimate of drug-likeness (QED) is 0.226. The van der Waals surface area contributed by atoms with Crippen LogP contribution in [-0.4, -0.2) is 45.6 Å². The molecule has 0 spiro atoms. The van der Waals surface area contributed by atoms with Gasteiger partial charge in [-0.25, -0.2) is 18.1 Å². The van der Waals surface area contributed by atoms with Crippen LogP contribution in [0.5, 0.6) is 5.75 Å². The van der Waals surface area contributed by atoms with E-state index >= 15 is 0 Å². The molecule has 5 aromatic rings. The van der Waals surface area contributed by atoms with Crippen LogP contribution < -0.4 is 4.74 Å². The van der Waals surface area contributed by atoms with Gasteiger partial charge >= 0.3 is 6.36 Å². The predicted molar refractivity (Wildman–Crippen MR) is 146 cm³/mol. The molecule has 3 aromatic carbocycles. The Balaban J connectivity index is 1.49. The van der Waals surface area contributed by atoms with E-state index in [1.165, 1.54) is 30.5 Å². The molecule has 210 valence electrons. The van der Waals surface area contributed by atoms with Gasteiger partial charge in [0.15, 0.2) is 9.84 Å². The number of sulfone groups is 1. The lowest BCUT2D eigenvalue weighted by Gasteiger charge is -2.16. The van der Waals surface area contributed by atoms with E-state index in [2.05, 4.69) is 15.0 Å². The summed E-state index contributed by atoms with van der Waals surface area (Å²) in [6.07, 6.45) is 2.09. The largest absolute Gasteiger partial charge is 0.573 e. The van der Waals surface area contributed by atoms with Gasteiger partial charge < -0.3 is 9.30 Å². The number of hydrogen-bond donors (Lipinski definition) is 0. The van der Waals surface area contributed by atoms with E-state index in [0.29, 0.717) is 28.4 Å². The fourth-order valence-corrected chi connectivity index (χ4v) is 5.40. The number of ether oxygens (including phenoxy) is 1. The van der Waals surface area contributed by atoms with E-state index in [4.69, 9.17) is 4.98 Å². The number of imidazole rings is 1. The first-order chi connectivity index (χ1) is 19.5. The highest BCUT2D eigenvalue weighted by molar-refractivity contribution is 7.90. The van der Waals surface area contributed by atoms with E-state index in [-0.39, 0.29) is 10.6 Å². The smallest absolute Gasteiger partial charge is 0.406 e. The van der Waals surface area contributed by atoms with Gasteiger partial charge in [-0.15, -0.1) is 18.3 Å². The number of aryl methyl sites for hydroxylation is 1. The molecule has 0 radical (unpaired) electrons. The second-order valence-electron chi connectivity index (χ2n) is 9.96. The lowest BCUT2D eigenvalue weighted by molar-refractivity contribution is -0.274. The first-order valence-corrected chi connectivity index (χ1v) is 14.6. The topological polar surface area (TPSA) is 91.9 Å². The summed E-state index contributed by atoms with van der Waals surface area (Å²) >= 11 is 0. The minimum absolute atomic E-state index is 0.197. The van der Waals surface area contributed by atoms with Crippen molar-refractivity contribution in [3.63, 3.8) is 0 Å². The highest BCUT2D eigenvalue weighted by Crippen LogP contribution is 2.40. The molecule has 0 saturated heterocycles. The molecular weight excluding hydrogens is 555 g/mol. The number of nitrogens with zero attached hydrogens (tertiary/aromatic N) is 5. The molecule has 1 saturated carbocycles. The van der Waals surface area contributed by atoms with Crippen LogP contribution in [0.25, 0.3) is 33.8 Å². The number of aromatic nitrogens is 5. The van der Waals surface area contributed by atoms with E-state index in [1.807, 2.05) is 42.0 Å². The summed E-state index contributed by atoms with van der Waals surface area (Å²) in [5.74, 6) is 0.890. The molecular formula is C29H24F3N5O3S. The van der Waals surface area contributed by atoms with Crippen LogP contribution in [0.1, 0.15) is 30.3 Å². The third kappa shape index (κ3) is 5.60. The fraction of sp³-hybridized carbons (Fsp3) is 0.207. The monoisotopic (exact) mass is 579 g/mol. The SMILES string of the molecule is Cc1nc(C2CC2)cn1-c1ccc(-c2cccc(S(C)(=O)=O)c2)cc1-n1nncc1-c1ccc(OC(F)(F)F)cc1. The first kappa shape index (κ1) is 26.8. The Bertz CT molecular complexity index is 1860. The van der Waals surface area contributed by atoms with Gasteiger partial charge in [0.25, 0.3) is 0 Å². The lowest BCUT2D eigenvalue weighted by Crippen LogP contribution is -2.16. The van der Waals surface area contributed by atoms with Crippen molar-refractivity contribution in [1.82, 2.24) is 24.5 Å². The Kier molecular flexibility index (Phi) is 6.45. The number of rotatable bonds is 7. The Morgan fingerprint density at radius 1 is 0.927 bits per heavy atom. The molecule has 0 unspecified atom stereocenters. The molecule has 0 N–H and O–H groups in total. The third-order valence-corrected chi connectivity index (χ3v) is 8.00. The number of benzene rings is 3. The van der Waals surface area contributed by atoms with E-state index < -0.39 is 16.2 Å². The maximum Gasteiger partial charge on any atom is 0.573 e. The van der Waals surface area contributed by atoms with Crippen LogP contribution in [0, 0.1) is 6.92 Å². The van der Waals surface area contributed by atoms with Crippen molar-refractivity contribution in [1.29, 1.82) is 0 Å². The number of alkyl halides is 3. The molecule has 8 nitrogen and oxygen atoms in total. The average molecular weight is 580 g/mol. The normalized spacial score (nSPS) is 13.9. The number of hydrogen-bond acceptors (Lipinski definition) is 6. The van der Waals surface area contributed by atoms with Crippen LogP contribution in [0.3, 0.4) is 0 Å². The predicted octanol–water partition coefficient (Wildman–Crippen LogP) is 6.27. The molecule has 2 aromatic heterocycles. The van der Waals surface area contributed by atoms with Gasteiger partial charge in [-0.3, -0.25) is 0 Å². The van der Waals surface area contributed by atoms with Crippen molar-refractivity contribution in [3.05, 3.63) is 90.6 Å². The van der Waals surface area contributed by atoms with Gasteiger partial charge in [0.05, 0.1) is 33.9 Å². The van der Waals surface area contributed by atoms with Crippen molar-refractivity contribution in [3.8, 4) is 39.5 Å². The second-order valence-corrected chi connectivity index (χ2v) is 12.0. The molecule has 1 aliphatic rings. The number of halogens is 3. The van der Waals surface area contributed by atoms with Crippen LogP contribution in [0.15, 0.2) is 84.0 Å². The first-order valence-electron chi connectivity index (χ1n) is 12.7. The molecule has 0 bridgehead atoms. The third-order valence-electron chi connectivity index (χ3n) is 6.89. The second kappa shape index (κ2) is 9.88. The Hall–Kier alpha value is -4.45. The molecule has 41 heavy (non-hydrogen) atoms. The standard InChI is InChI=1S/C29H24F3N5O3S/c1-18-34-25(19-6-7-19)17-36(18)26-13-10-22(21-4-3-5-24(14-21)41(2,38)39)15-27(26)37-28(16-33-35-37)20-8-11-23(12-9-20)40-29(30,31)32/h3-5,8-17,19H,6-7H2,1-2H3. The van der Waals surface area contributed by atoms with Crippen LogP contribution in [-0.2, 0) is 9.84 Å². The van der Waals surface area contributed by atoms with Gasteiger partial charge in [-0.1, -0.05) is 23.4 Å². The van der Waals surface area contributed by atoms with Crippen molar-refractivity contribution >= 4 is 9.84 Å². The van der Waals surface area contributed by atoms with Crippen molar-refractivity contribution in [2.45, 2.75) is 36.9 Å². The van der Waals surface area contributed by atoms with Crippen molar-refractivity contribution < 1.29 is 26.3 Å². The summed E-state index contributed by atoms with van der Waals surface area (Å²) in [5, 5.41) is 8.44. The van der Waals surface area contributed by atoms with Crippen molar-refractivity contribution in [2.24, 2.45) is 0 Å². The van der Waals surface area contributed by atoms with Crippen LogP contribution in [0.2, 0.25) is 0 Å². The Morgan fingerprint density at radius 3 is 2.32 bits per heavy atom. The van der Waals surface area contributed by atoms with Gasteiger partial charge in [0.1, 0.15) is 11.6 Å². The summed E-state index contributed by atoms with van der Waals surface area (Å²) in [6, 6.07) is 17.8. The summed E-state index contributed by atoms with van der Waals surface area (Å²) in [6.45, 7) is 1.92. The van der Waals surface area contributed by atoms with Crippen LogP contribution in [0.4, 0.5) is 13.2 Å². The zero-order valence-corrected chi connectivity index (χ0v) is 22.8. The highest BCUT2D eigenvalue weighted by Gasteiger charge is 2.31. The minimum atomic E-state index is -4.80. The fourth-order valence-electron chi connectivity index (χ4n) is 4.73. The van der Waals surface area contributed by atoms with E-state index in [0.717, 1.165) is 41.9 Å². The van der Waals surface area contributed by atoms with Crippen LogP contribution >= 0.6 is 0 Å². The summed E-state index contributed by atoms with van der Waals surface area (Å²) in [4.78, 5) is 4.95. The molecule has 0 amide bonds. The average Bonchev–Trinajstić information content (AvgIpc) is 3.53. The molecule has 12 heteroatoms. The van der Waals surface area contributed by atoms with E-state index in [1.54, 1.807) is 22.9 Å². The molecule has 1 fully saturated rings. The van der Waals surface area contributed by atoms with Gasteiger partial charge in [-0.05, 0) is 79.4 Å². The molecule has 0 aliphatic heterocycles. The molecule has 0 atom stereocenters. The Labute approximate surface area is 234 Å². The van der Waals surface area contributed by atoms with Gasteiger partial charge in [-0.2, -0.15) is 0 Å². The maximum atomic E-state index is 12.7. The lowest BCUT2D eigenvalue weighted by atomic mass is 10.0. The highest BCUT2D eigenvalue weighted by atomic mass is 32.2. The molecule has 1 aliphatic carbocycles. The summed E-state index contributed by atoms with van der Waals surface area (Å²) < 4.78 is 70.0. The van der Waals surface area contributed by atoms with Gasteiger partial charge in [0.2, 0.25) is 0 Å². The zero-order chi connectivity index (χ0) is 28.9. The molecule has 6 rings (SSSR count). The maximum absolute atomic E-state index is 12.7. The Morgan fingerprint density at radius 2 is 1.63 bits per heavy atom. The van der Waals surface area contributed by atoms with E-state index in [9.17, 15) is 21.6 Å². The molecule has 2 heterocycles. The van der Waals surface area contributed by atoms with Gasteiger partial charge in [0, 0.05) is 23.9 Å². The zero-order valence-electron chi connectivity index (χ0n) is 22.0. The van der Waals surface area contributed by atoms with Crippen molar-refractivity contribution in [2.75, 3.05) is 6.26 Å². The minimum Gasteiger partial charge on any atom is -0.406 e. The summed E-state index contributed by atoms with van der Waals surface area (Å²) in [7, 11) is -3.42. The summed E-state index contributed by atoms with van der Waals surface area (Å²) in [5.41, 5.74) is 4.93.